The fourth-order valence-corrected chi connectivity index (χ4v) is 1.88. The largest absolute Gasteiger partial charge is 0.356 e. The molecule has 0 spiro atoms. The molecule has 0 aliphatic carbocycles. The van der Waals surface area contributed by atoms with Crippen LogP contribution in [0.3, 0.4) is 0 Å². The Hall–Kier alpha value is -1.38. The highest BCUT2D eigenvalue weighted by atomic mass is 127. The van der Waals surface area contributed by atoms with E-state index in [1.54, 1.807) is 7.05 Å². The van der Waals surface area contributed by atoms with Crippen LogP contribution in [-0.4, -0.2) is 40.7 Å². The smallest absolute Gasteiger partial charge is 0.190 e. The summed E-state index contributed by atoms with van der Waals surface area (Å²) in [5.41, 5.74) is 0.879. The first-order valence-electron chi connectivity index (χ1n) is 6.94. The normalized spacial score (nSPS) is 11.5. The van der Waals surface area contributed by atoms with Crippen LogP contribution in [0.2, 0.25) is 0 Å². The van der Waals surface area contributed by atoms with E-state index in [9.17, 15) is 0 Å². The van der Waals surface area contributed by atoms with Crippen LogP contribution < -0.4 is 10.6 Å². The van der Waals surface area contributed by atoms with Crippen molar-refractivity contribution < 1.29 is 0 Å². The van der Waals surface area contributed by atoms with Crippen LogP contribution in [0.4, 0.5) is 0 Å². The van der Waals surface area contributed by atoms with Crippen molar-refractivity contribution in [3.63, 3.8) is 0 Å². The highest BCUT2D eigenvalue weighted by molar-refractivity contribution is 14.0. The fraction of sp³-hybridized carbons (Fsp3) is 0.500. The molecule has 0 saturated carbocycles. The summed E-state index contributed by atoms with van der Waals surface area (Å²) in [6.45, 7) is 6.02. The van der Waals surface area contributed by atoms with Gasteiger partial charge in [-0.05, 0) is 18.1 Å². The number of hydrogen-bond donors (Lipinski definition) is 2. The third kappa shape index (κ3) is 5.14. The Bertz CT molecular complexity index is 578. The van der Waals surface area contributed by atoms with Gasteiger partial charge in [0.25, 0.3) is 0 Å². The number of fused-ring (bicyclic) bond motifs is 1. The summed E-state index contributed by atoms with van der Waals surface area (Å²) in [6.07, 6.45) is 2.78. The molecule has 2 aromatic rings. The average Bonchev–Trinajstić information content (AvgIpc) is 2.86. The zero-order valence-electron chi connectivity index (χ0n) is 12.7. The SMILES string of the molecule is CN=C(NCCc1nnc2ccccn12)NCC(C)C.I. The van der Waals surface area contributed by atoms with Gasteiger partial charge >= 0.3 is 0 Å². The first-order chi connectivity index (χ1) is 9.70. The molecule has 0 aliphatic rings. The monoisotopic (exact) mass is 402 g/mol. The Morgan fingerprint density at radius 1 is 1.29 bits per heavy atom. The van der Waals surface area contributed by atoms with E-state index in [2.05, 4.69) is 39.7 Å². The summed E-state index contributed by atoms with van der Waals surface area (Å²) in [6, 6.07) is 5.90. The predicted molar refractivity (Wildman–Crippen MR) is 96.3 cm³/mol. The fourth-order valence-electron chi connectivity index (χ4n) is 1.88. The maximum absolute atomic E-state index is 4.20. The van der Waals surface area contributed by atoms with Crippen molar-refractivity contribution >= 4 is 35.6 Å². The van der Waals surface area contributed by atoms with Crippen molar-refractivity contribution in [3.05, 3.63) is 30.2 Å². The van der Waals surface area contributed by atoms with E-state index >= 15 is 0 Å². The molecular weight excluding hydrogens is 379 g/mol. The topological polar surface area (TPSA) is 66.6 Å². The lowest BCUT2D eigenvalue weighted by Gasteiger charge is -2.12. The molecule has 0 radical (unpaired) electrons. The number of guanidine groups is 1. The van der Waals surface area contributed by atoms with Crippen LogP contribution in [0, 0.1) is 5.92 Å². The molecule has 2 aromatic heterocycles. The van der Waals surface area contributed by atoms with Crippen molar-refractivity contribution in [3.8, 4) is 0 Å². The van der Waals surface area contributed by atoms with E-state index in [1.807, 2.05) is 28.8 Å². The number of nitrogens with zero attached hydrogens (tertiary/aromatic N) is 4. The summed E-state index contributed by atoms with van der Waals surface area (Å²) in [7, 11) is 1.78. The molecule has 0 saturated heterocycles. The highest BCUT2D eigenvalue weighted by Gasteiger charge is 2.05. The molecular formula is C14H23IN6. The van der Waals surface area contributed by atoms with Gasteiger partial charge in [0.2, 0.25) is 0 Å². The van der Waals surface area contributed by atoms with Gasteiger partial charge in [-0.15, -0.1) is 34.2 Å². The number of rotatable bonds is 5. The standard InChI is InChI=1S/C14H22N6.HI/c1-11(2)10-17-14(15-3)16-8-7-13-19-18-12-6-4-5-9-20(12)13;/h4-6,9,11H,7-8,10H2,1-3H3,(H2,15,16,17);1H. The van der Waals surface area contributed by atoms with Crippen LogP contribution >= 0.6 is 24.0 Å². The minimum atomic E-state index is 0. The van der Waals surface area contributed by atoms with Crippen LogP contribution in [0.15, 0.2) is 29.4 Å². The zero-order valence-corrected chi connectivity index (χ0v) is 15.0. The Kier molecular flexibility index (Phi) is 7.41. The van der Waals surface area contributed by atoms with Gasteiger partial charge in [0.1, 0.15) is 5.82 Å². The predicted octanol–water partition coefficient (Wildman–Crippen LogP) is 1.71. The molecule has 0 bridgehead atoms. The maximum Gasteiger partial charge on any atom is 0.190 e. The van der Waals surface area contributed by atoms with Gasteiger partial charge in [0.05, 0.1) is 0 Å². The van der Waals surface area contributed by atoms with E-state index in [0.29, 0.717) is 5.92 Å². The van der Waals surface area contributed by atoms with E-state index in [1.165, 1.54) is 0 Å². The molecule has 0 aromatic carbocycles. The third-order valence-electron chi connectivity index (χ3n) is 2.93. The number of pyridine rings is 1. The second-order valence-electron chi connectivity index (χ2n) is 5.07. The summed E-state index contributed by atoms with van der Waals surface area (Å²) in [5, 5.41) is 14.9. The second kappa shape index (κ2) is 8.81. The summed E-state index contributed by atoms with van der Waals surface area (Å²) in [5.74, 6) is 2.37. The number of halogens is 1. The Morgan fingerprint density at radius 3 is 2.81 bits per heavy atom. The van der Waals surface area contributed by atoms with Crippen molar-refractivity contribution in [2.75, 3.05) is 20.1 Å². The molecule has 21 heavy (non-hydrogen) atoms. The lowest BCUT2D eigenvalue weighted by atomic mass is 10.2. The van der Waals surface area contributed by atoms with Gasteiger partial charge in [0.15, 0.2) is 11.6 Å². The van der Waals surface area contributed by atoms with Gasteiger partial charge in [-0.25, -0.2) is 0 Å². The molecule has 0 amide bonds. The average molecular weight is 402 g/mol. The zero-order chi connectivity index (χ0) is 14.4. The molecule has 2 heterocycles. The minimum absolute atomic E-state index is 0. The van der Waals surface area contributed by atoms with Gasteiger partial charge in [0, 0.05) is 32.8 Å². The van der Waals surface area contributed by atoms with Crippen LogP contribution in [-0.2, 0) is 6.42 Å². The Labute approximate surface area is 142 Å². The van der Waals surface area contributed by atoms with E-state index in [4.69, 9.17) is 0 Å². The van der Waals surface area contributed by atoms with Crippen LogP contribution in [0.25, 0.3) is 5.65 Å². The second-order valence-corrected chi connectivity index (χ2v) is 5.07. The lowest BCUT2D eigenvalue weighted by Crippen LogP contribution is -2.40. The first kappa shape index (κ1) is 17.7. The first-order valence-corrected chi connectivity index (χ1v) is 6.94. The number of aromatic nitrogens is 3. The molecule has 0 fully saturated rings. The maximum atomic E-state index is 4.20. The van der Waals surface area contributed by atoms with Gasteiger partial charge in [-0.1, -0.05) is 19.9 Å². The molecule has 116 valence electrons. The van der Waals surface area contributed by atoms with E-state index in [-0.39, 0.29) is 24.0 Å². The number of aliphatic imine (C=N–C) groups is 1. The highest BCUT2D eigenvalue weighted by Crippen LogP contribution is 2.02. The van der Waals surface area contributed by atoms with Crippen molar-refractivity contribution in [2.45, 2.75) is 20.3 Å². The molecule has 0 aliphatic heterocycles. The minimum Gasteiger partial charge on any atom is -0.356 e. The lowest BCUT2D eigenvalue weighted by molar-refractivity contribution is 0.614. The molecule has 6 nitrogen and oxygen atoms in total. The molecule has 0 atom stereocenters. The van der Waals surface area contributed by atoms with Gasteiger partial charge in [-0.3, -0.25) is 9.39 Å². The molecule has 0 unspecified atom stereocenters. The van der Waals surface area contributed by atoms with Crippen molar-refractivity contribution in [2.24, 2.45) is 10.9 Å². The molecule has 2 N–H and O–H groups in total. The molecule has 2 rings (SSSR count). The summed E-state index contributed by atoms with van der Waals surface area (Å²) < 4.78 is 2.01. The van der Waals surface area contributed by atoms with E-state index in [0.717, 1.165) is 36.9 Å². The van der Waals surface area contributed by atoms with E-state index < -0.39 is 0 Å². The molecule has 7 heteroatoms. The Morgan fingerprint density at radius 2 is 2.10 bits per heavy atom. The third-order valence-corrected chi connectivity index (χ3v) is 2.93. The van der Waals surface area contributed by atoms with Crippen molar-refractivity contribution in [1.29, 1.82) is 0 Å². The summed E-state index contributed by atoms with van der Waals surface area (Å²) >= 11 is 0. The number of nitrogens with one attached hydrogen (secondary N) is 2. The summed E-state index contributed by atoms with van der Waals surface area (Å²) in [4.78, 5) is 4.19. The van der Waals surface area contributed by atoms with Gasteiger partial charge < -0.3 is 10.6 Å². The van der Waals surface area contributed by atoms with Crippen LogP contribution in [0.1, 0.15) is 19.7 Å². The quantitative estimate of drug-likeness (QED) is 0.454. The van der Waals surface area contributed by atoms with Crippen LogP contribution in [0.5, 0.6) is 0 Å². The Balaban J connectivity index is 0.00000220. The number of hydrogen-bond acceptors (Lipinski definition) is 3. The van der Waals surface area contributed by atoms with Crippen molar-refractivity contribution in [1.82, 2.24) is 25.2 Å². The van der Waals surface area contributed by atoms with Gasteiger partial charge in [-0.2, -0.15) is 0 Å².